The molecule has 0 saturated carbocycles. The molecule has 0 heterocycles. The molecule has 20 heavy (non-hydrogen) atoms. The van der Waals surface area contributed by atoms with E-state index in [0.29, 0.717) is 24.3 Å². The van der Waals surface area contributed by atoms with Crippen LogP contribution in [0.1, 0.15) is 38.8 Å². The van der Waals surface area contributed by atoms with Gasteiger partial charge in [0.2, 0.25) is 0 Å². The monoisotopic (exact) mass is 277 g/mol. The number of phenolic OH excluding ortho intramolecular Hbond substituents is 1. The first-order valence-corrected chi connectivity index (χ1v) is 7.57. The molecule has 1 aliphatic carbocycles. The van der Waals surface area contributed by atoms with Gasteiger partial charge in [0.15, 0.2) is 0 Å². The van der Waals surface area contributed by atoms with E-state index >= 15 is 0 Å². The molecule has 1 aromatic rings. The second-order valence-corrected chi connectivity index (χ2v) is 6.78. The minimum Gasteiger partial charge on any atom is -0.508 e. The molecule has 2 N–H and O–H groups in total. The topological polar surface area (TPSA) is 43.7 Å². The Bertz CT molecular complexity index is 465. The molecule has 2 atom stereocenters. The third-order valence-corrected chi connectivity index (χ3v) is 4.28. The first kappa shape index (κ1) is 15.3. The van der Waals surface area contributed by atoms with Gasteiger partial charge in [-0.25, -0.2) is 0 Å². The molecule has 0 amide bonds. The smallest absolute Gasteiger partial charge is 0.115 e. The number of nitrogens with zero attached hydrogens (tertiary/aromatic N) is 1. The van der Waals surface area contributed by atoms with Crippen LogP contribution >= 0.6 is 0 Å². The zero-order valence-electron chi connectivity index (χ0n) is 13.1. The van der Waals surface area contributed by atoms with Crippen molar-refractivity contribution in [2.75, 3.05) is 13.1 Å². The van der Waals surface area contributed by atoms with Crippen molar-refractivity contribution in [1.29, 1.82) is 0 Å². The van der Waals surface area contributed by atoms with Crippen LogP contribution in [-0.4, -0.2) is 39.8 Å². The van der Waals surface area contributed by atoms with Crippen molar-refractivity contribution < 1.29 is 10.2 Å². The van der Waals surface area contributed by atoms with Gasteiger partial charge in [-0.05, 0) is 62.4 Å². The maximum atomic E-state index is 10.1. The van der Waals surface area contributed by atoms with E-state index in [2.05, 4.69) is 18.7 Å². The van der Waals surface area contributed by atoms with Crippen LogP contribution in [0.5, 0.6) is 5.75 Å². The van der Waals surface area contributed by atoms with E-state index in [9.17, 15) is 10.2 Å². The average Bonchev–Trinajstić information content (AvgIpc) is 2.34. The highest BCUT2D eigenvalue weighted by Gasteiger charge is 2.31. The molecule has 0 aromatic heterocycles. The summed E-state index contributed by atoms with van der Waals surface area (Å²) in [5.74, 6) is 0.893. The lowest BCUT2D eigenvalue weighted by Gasteiger charge is -2.41. The molecule has 2 rings (SSSR count). The van der Waals surface area contributed by atoms with E-state index < -0.39 is 5.60 Å². The molecular weight excluding hydrogens is 250 g/mol. The Kier molecular flexibility index (Phi) is 4.40. The van der Waals surface area contributed by atoms with Crippen LogP contribution in [0.4, 0.5) is 0 Å². The highest BCUT2D eigenvalue weighted by Crippen LogP contribution is 2.31. The van der Waals surface area contributed by atoms with Gasteiger partial charge in [0, 0.05) is 12.6 Å². The zero-order valence-corrected chi connectivity index (χ0v) is 13.1. The van der Waals surface area contributed by atoms with E-state index in [1.54, 1.807) is 6.07 Å². The van der Waals surface area contributed by atoms with Gasteiger partial charge in [0.05, 0.1) is 5.60 Å². The molecule has 1 aromatic carbocycles. The van der Waals surface area contributed by atoms with Crippen LogP contribution < -0.4 is 0 Å². The standard InChI is InChI=1S/C17H27NO2/c1-5-18(11-17(3,4)20)16-10-13-6-7-15(19)9-14(13)8-12(16)2/h6-7,9,12,16,19-20H,5,8,10-11H2,1-4H3. The minimum absolute atomic E-state index is 0.359. The van der Waals surface area contributed by atoms with E-state index in [1.165, 1.54) is 11.1 Å². The number of aromatic hydroxyl groups is 1. The van der Waals surface area contributed by atoms with Gasteiger partial charge in [0.25, 0.3) is 0 Å². The third kappa shape index (κ3) is 3.53. The predicted molar refractivity (Wildman–Crippen MR) is 82.0 cm³/mol. The summed E-state index contributed by atoms with van der Waals surface area (Å²) in [5, 5.41) is 19.7. The van der Waals surface area contributed by atoms with Gasteiger partial charge in [0.1, 0.15) is 5.75 Å². The Morgan fingerprint density at radius 3 is 2.55 bits per heavy atom. The summed E-state index contributed by atoms with van der Waals surface area (Å²) in [4.78, 5) is 2.39. The lowest BCUT2D eigenvalue weighted by molar-refractivity contribution is 0.0114. The van der Waals surface area contributed by atoms with Gasteiger partial charge in [-0.15, -0.1) is 0 Å². The lowest BCUT2D eigenvalue weighted by Crippen LogP contribution is -2.49. The summed E-state index contributed by atoms with van der Waals surface area (Å²) < 4.78 is 0. The summed E-state index contributed by atoms with van der Waals surface area (Å²) in [6.45, 7) is 9.82. The van der Waals surface area contributed by atoms with Crippen LogP contribution in [0.2, 0.25) is 0 Å². The molecule has 0 fully saturated rings. The van der Waals surface area contributed by atoms with Gasteiger partial charge < -0.3 is 10.2 Å². The van der Waals surface area contributed by atoms with Gasteiger partial charge in [-0.1, -0.05) is 19.9 Å². The molecule has 2 unspecified atom stereocenters. The van der Waals surface area contributed by atoms with Crippen LogP contribution in [0, 0.1) is 5.92 Å². The molecule has 0 saturated heterocycles. The Morgan fingerprint density at radius 1 is 1.25 bits per heavy atom. The number of likely N-dealkylation sites (N-methyl/N-ethyl adjacent to an activating group) is 1. The van der Waals surface area contributed by atoms with Crippen molar-refractivity contribution in [3.05, 3.63) is 29.3 Å². The Labute approximate surface area is 122 Å². The van der Waals surface area contributed by atoms with E-state index in [0.717, 1.165) is 19.4 Å². The average molecular weight is 277 g/mol. The third-order valence-electron chi connectivity index (χ3n) is 4.28. The fourth-order valence-electron chi connectivity index (χ4n) is 3.36. The maximum absolute atomic E-state index is 10.1. The molecule has 0 spiro atoms. The normalized spacial score (nSPS) is 22.9. The summed E-state index contributed by atoms with van der Waals surface area (Å²) in [5.41, 5.74) is 1.94. The fraction of sp³-hybridized carbons (Fsp3) is 0.647. The molecule has 3 heteroatoms. The zero-order chi connectivity index (χ0) is 14.9. The summed E-state index contributed by atoms with van der Waals surface area (Å²) in [7, 11) is 0. The summed E-state index contributed by atoms with van der Waals surface area (Å²) in [6, 6.07) is 6.18. The summed E-state index contributed by atoms with van der Waals surface area (Å²) >= 11 is 0. The van der Waals surface area contributed by atoms with Gasteiger partial charge in [-0.2, -0.15) is 0 Å². The van der Waals surface area contributed by atoms with Crippen molar-refractivity contribution in [3.63, 3.8) is 0 Å². The highest BCUT2D eigenvalue weighted by atomic mass is 16.3. The van der Waals surface area contributed by atoms with Crippen LogP contribution in [0.15, 0.2) is 18.2 Å². The molecule has 3 nitrogen and oxygen atoms in total. The first-order chi connectivity index (χ1) is 9.30. The number of rotatable bonds is 4. The minimum atomic E-state index is -0.662. The number of fused-ring (bicyclic) bond motifs is 1. The van der Waals surface area contributed by atoms with E-state index in [1.807, 2.05) is 26.0 Å². The Morgan fingerprint density at radius 2 is 1.95 bits per heavy atom. The molecule has 1 aliphatic rings. The number of hydrogen-bond acceptors (Lipinski definition) is 3. The second-order valence-electron chi connectivity index (χ2n) is 6.78. The number of aliphatic hydroxyl groups is 1. The van der Waals surface area contributed by atoms with Crippen molar-refractivity contribution >= 4 is 0 Å². The number of benzene rings is 1. The fourth-order valence-corrected chi connectivity index (χ4v) is 3.36. The van der Waals surface area contributed by atoms with Gasteiger partial charge in [-0.3, -0.25) is 4.90 Å². The van der Waals surface area contributed by atoms with Crippen LogP contribution in [-0.2, 0) is 12.8 Å². The van der Waals surface area contributed by atoms with Gasteiger partial charge >= 0.3 is 0 Å². The molecule has 112 valence electrons. The van der Waals surface area contributed by atoms with E-state index in [-0.39, 0.29) is 0 Å². The van der Waals surface area contributed by atoms with Crippen molar-refractivity contribution in [2.45, 2.75) is 52.2 Å². The molecule has 0 aliphatic heterocycles. The van der Waals surface area contributed by atoms with Crippen molar-refractivity contribution in [1.82, 2.24) is 4.90 Å². The molecule has 0 radical (unpaired) electrons. The maximum Gasteiger partial charge on any atom is 0.115 e. The highest BCUT2D eigenvalue weighted by molar-refractivity contribution is 5.37. The largest absolute Gasteiger partial charge is 0.508 e. The second kappa shape index (κ2) is 5.74. The van der Waals surface area contributed by atoms with E-state index in [4.69, 9.17) is 0 Å². The lowest BCUT2D eigenvalue weighted by atomic mass is 9.80. The quantitative estimate of drug-likeness (QED) is 0.889. The molecular formula is C17H27NO2. The number of phenols is 1. The Hall–Kier alpha value is -1.06. The first-order valence-electron chi connectivity index (χ1n) is 7.57. The SMILES string of the molecule is CCN(CC(C)(C)O)C1Cc2ccc(O)cc2CC1C. The Balaban J connectivity index is 2.19. The molecule has 0 bridgehead atoms. The predicted octanol–water partition coefficient (Wildman–Crippen LogP) is 2.59. The van der Waals surface area contributed by atoms with Crippen molar-refractivity contribution in [2.24, 2.45) is 5.92 Å². The summed E-state index contributed by atoms with van der Waals surface area (Å²) in [6.07, 6.45) is 2.00. The number of hydrogen-bond donors (Lipinski definition) is 2. The van der Waals surface area contributed by atoms with Crippen LogP contribution in [0.3, 0.4) is 0 Å². The van der Waals surface area contributed by atoms with Crippen molar-refractivity contribution in [3.8, 4) is 5.75 Å². The van der Waals surface area contributed by atoms with Crippen LogP contribution in [0.25, 0.3) is 0 Å².